The van der Waals surface area contributed by atoms with Crippen LogP contribution in [0.15, 0.2) is 65.6 Å². The minimum absolute atomic E-state index is 0.115. The monoisotopic (exact) mass is 365 g/mol. The average Bonchev–Trinajstić information content (AvgIpc) is 2.68. The number of methoxy groups -OCH3 is 1. The Morgan fingerprint density at radius 2 is 1.89 bits per heavy atom. The van der Waals surface area contributed by atoms with Gasteiger partial charge in [0.2, 0.25) is 0 Å². The highest BCUT2D eigenvalue weighted by Gasteiger charge is 2.19. The number of benzene rings is 1. The second kappa shape index (κ2) is 8.60. The van der Waals surface area contributed by atoms with Crippen LogP contribution < -0.4 is 5.56 Å². The molecule has 0 saturated carbocycles. The molecule has 0 unspecified atom stereocenters. The highest BCUT2D eigenvalue weighted by molar-refractivity contribution is 5.72. The molecule has 0 bridgehead atoms. The molecule has 6 nitrogen and oxygen atoms in total. The first-order valence-corrected chi connectivity index (χ1v) is 8.88. The molecule has 0 N–H and O–H groups in total. The van der Waals surface area contributed by atoms with E-state index in [0.29, 0.717) is 31.0 Å². The number of esters is 1. The number of hydrogen-bond acceptors (Lipinski definition) is 5. The quantitative estimate of drug-likeness (QED) is 0.602. The van der Waals surface area contributed by atoms with Gasteiger partial charge >= 0.3 is 5.97 Å². The molecule has 0 radical (unpaired) electrons. The summed E-state index contributed by atoms with van der Waals surface area (Å²) < 4.78 is 6.37. The number of rotatable bonds is 7. The van der Waals surface area contributed by atoms with Crippen molar-refractivity contribution in [1.82, 2.24) is 14.3 Å². The van der Waals surface area contributed by atoms with Gasteiger partial charge in [0.1, 0.15) is 5.65 Å². The van der Waals surface area contributed by atoms with E-state index in [1.807, 2.05) is 49.4 Å². The summed E-state index contributed by atoms with van der Waals surface area (Å²) in [5, 5.41) is 0. The number of pyridine rings is 1. The molecule has 0 spiro atoms. The Labute approximate surface area is 158 Å². The predicted molar refractivity (Wildman–Crippen MR) is 103 cm³/mol. The van der Waals surface area contributed by atoms with Crippen molar-refractivity contribution >= 4 is 11.6 Å². The lowest BCUT2D eigenvalue weighted by molar-refractivity contribution is -0.145. The third kappa shape index (κ3) is 4.80. The van der Waals surface area contributed by atoms with Crippen molar-refractivity contribution in [3.8, 4) is 0 Å². The van der Waals surface area contributed by atoms with Crippen LogP contribution in [0.25, 0.3) is 5.65 Å². The molecule has 0 amide bonds. The molecule has 2 heterocycles. The molecule has 0 aliphatic carbocycles. The van der Waals surface area contributed by atoms with Gasteiger partial charge in [0.25, 0.3) is 5.56 Å². The summed E-state index contributed by atoms with van der Waals surface area (Å²) in [6, 6.07) is 17.0. The number of carbonyl (C=O) groups excluding carboxylic acids is 1. The average molecular weight is 365 g/mol. The lowest BCUT2D eigenvalue weighted by atomic mass is 10.1. The standard InChI is InChI=1S/C21H23N3O3/c1-16(21(26)27-2)13-23(14-17-8-4-3-5-9-17)15-18-12-20(25)24-11-7-6-10-19(24)22-18/h3-12,16H,13-15H2,1-2H3/t16-/m0/s1. The molecular formula is C21H23N3O3. The van der Waals surface area contributed by atoms with E-state index in [4.69, 9.17) is 4.74 Å². The Morgan fingerprint density at radius 1 is 1.15 bits per heavy atom. The summed E-state index contributed by atoms with van der Waals surface area (Å²) in [6.45, 7) is 3.47. The van der Waals surface area contributed by atoms with E-state index in [1.54, 1.807) is 18.3 Å². The normalized spacial score (nSPS) is 12.3. The van der Waals surface area contributed by atoms with Crippen molar-refractivity contribution in [2.75, 3.05) is 13.7 Å². The molecule has 0 aliphatic heterocycles. The maximum atomic E-state index is 12.3. The van der Waals surface area contributed by atoms with Gasteiger partial charge in [0, 0.05) is 31.9 Å². The fraction of sp³-hybridized carbons (Fsp3) is 0.286. The highest BCUT2D eigenvalue weighted by Crippen LogP contribution is 2.12. The van der Waals surface area contributed by atoms with Crippen molar-refractivity contribution in [3.05, 3.63) is 82.4 Å². The van der Waals surface area contributed by atoms with E-state index in [2.05, 4.69) is 9.88 Å². The van der Waals surface area contributed by atoms with Crippen LogP contribution in [0.3, 0.4) is 0 Å². The van der Waals surface area contributed by atoms with Crippen LogP contribution in [0.5, 0.6) is 0 Å². The van der Waals surface area contributed by atoms with Gasteiger partial charge in [-0.2, -0.15) is 0 Å². The Morgan fingerprint density at radius 3 is 2.63 bits per heavy atom. The second-order valence-corrected chi connectivity index (χ2v) is 6.59. The lowest BCUT2D eigenvalue weighted by Gasteiger charge is -2.24. The van der Waals surface area contributed by atoms with E-state index in [0.717, 1.165) is 5.56 Å². The molecule has 3 rings (SSSR count). The first-order valence-electron chi connectivity index (χ1n) is 8.88. The number of hydrogen-bond donors (Lipinski definition) is 0. The molecular weight excluding hydrogens is 342 g/mol. The van der Waals surface area contributed by atoms with Crippen LogP contribution in [0.1, 0.15) is 18.2 Å². The molecule has 27 heavy (non-hydrogen) atoms. The number of ether oxygens (including phenoxy) is 1. The van der Waals surface area contributed by atoms with E-state index in [-0.39, 0.29) is 17.4 Å². The largest absolute Gasteiger partial charge is 0.469 e. The van der Waals surface area contributed by atoms with Crippen molar-refractivity contribution in [1.29, 1.82) is 0 Å². The molecule has 2 aromatic heterocycles. The van der Waals surface area contributed by atoms with Crippen molar-refractivity contribution < 1.29 is 9.53 Å². The molecule has 0 saturated heterocycles. The third-order valence-electron chi connectivity index (χ3n) is 4.39. The summed E-state index contributed by atoms with van der Waals surface area (Å²) in [5.74, 6) is -0.528. The Balaban J connectivity index is 1.86. The molecule has 0 fully saturated rings. The molecule has 3 aromatic rings. The van der Waals surface area contributed by atoms with Gasteiger partial charge in [0.05, 0.1) is 18.7 Å². The smallest absolute Gasteiger partial charge is 0.309 e. The zero-order chi connectivity index (χ0) is 19.2. The summed E-state index contributed by atoms with van der Waals surface area (Å²) in [7, 11) is 1.40. The highest BCUT2D eigenvalue weighted by atomic mass is 16.5. The van der Waals surface area contributed by atoms with Gasteiger partial charge in [-0.15, -0.1) is 0 Å². The van der Waals surface area contributed by atoms with Crippen LogP contribution >= 0.6 is 0 Å². The van der Waals surface area contributed by atoms with Crippen molar-refractivity contribution in [2.45, 2.75) is 20.0 Å². The van der Waals surface area contributed by atoms with Crippen molar-refractivity contribution in [2.24, 2.45) is 5.92 Å². The zero-order valence-electron chi connectivity index (χ0n) is 15.5. The maximum absolute atomic E-state index is 12.3. The number of nitrogens with zero attached hydrogens (tertiary/aromatic N) is 3. The first-order chi connectivity index (χ1) is 13.1. The fourth-order valence-electron chi connectivity index (χ4n) is 3.10. The van der Waals surface area contributed by atoms with Gasteiger partial charge in [-0.05, 0) is 17.7 Å². The number of aromatic nitrogens is 2. The lowest BCUT2D eigenvalue weighted by Crippen LogP contribution is -2.32. The summed E-state index contributed by atoms with van der Waals surface area (Å²) in [6.07, 6.45) is 1.70. The zero-order valence-corrected chi connectivity index (χ0v) is 15.5. The fourth-order valence-corrected chi connectivity index (χ4v) is 3.10. The first kappa shape index (κ1) is 18.8. The van der Waals surface area contributed by atoms with Crippen LogP contribution in [-0.2, 0) is 22.6 Å². The van der Waals surface area contributed by atoms with Crippen molar-refractivity contribution in [3.63, 3.8) is 0 Å². The Kier molecular flexibility index (Phi) is 5.98. The number of fused-ring (bicyclic) bond motifs is 1. The van der Waals surface area contributed by atoms with E-state index < -0.39 is 0 Å². The van der Waals surface area contributed by atoms with Gasteiger partial charge in [-0.3, -0.25) is 18.9 Å². The minimum Gasteiger partial charge on any atom is -0.469 e. The topological polar surface area (TPSA) is 63.9 Å². The Hall–Kier alpha value is -2.99. The molecule has 1 aromatic carbocycles. The van der Waals surface area contributed by atoms with Gasteiger partial charge in [-0.25, -0.2) is 4.98 Å². The molecule has 0 aliphatic rings. The van der Waals surface area contributed by atoms with Crippen LogP contribution in [0.4, 0.5) is 0 Å². The third-order valence-corrected chi connectivity index (χ3v) is 4.39. The molecule has 140 valence electrons. The van der Waals surface area contributed by atoms with E-state index in [1.165, 1.54) is 11.5 Å². The van der Waals surface area contributed by atoms with Gasteiger partial charge in [0.15, 0.2) is 0 Å². The van der Waals surface area contributed by atoms with E-state index in [9.17, 15) is 9.59 Å². The van der Waals surface area contributed by atoms with Gasteiger partial charge < -0.3 is 4.74 Å². The summed E-state index contributed by atoms with van der Waals surface area (Å²) >= 11 is 0. The van der Waals surface area contributed by atoms with Crippen LogP contribution in [0.2, 0.25) is 0 Å². The maximum Gasteiger partial charge on any atom is 0.309 e. The Bertz CT molecular complexity index is 969. The van der Waals surface area contributed by atoms with Crippen LogP contribution in [-0.4, -0.2) is 33.9 Å². The molecule has 6 heteroatoms. The summed E-state index contributed by atoms with van der Waals surface area (Å²) in [4.78, 5) is 30.9. The minimum atomic E-state index is -0.278. The summed E-state index contributed by atoms with van der Waals surface area (Å²) in [5.41, 5.74) is 2.31. The molecule has 1 atom stereocenters. The van der Waals surface area contributed by atoms with Gasteiger partial charge in [-0.1, -0.05) is 43.3 Å². The number of carbonyl (C=O) groups is 1. The van der Waals surface area contributed by atoms with E-state index >= 15 is 0 Å². The van der Waals surface area contributed by atoms with Crippen LogP contribution in [0, 0.1) is 5.92 Å². The predicted octanol–water partition coefficient (Wildman–Crippen LogP) is 2.51. The SMILES string of the molecule is COC(=O)[C@@H](C)CN(Cc1ccccc1)Cc1cc(=O)n2ccccc2n1. The second-order valence-electron chi connectivity index (χ2n) is 6.59.